The second-order valence-electron chi connectivity index (χ2n) is 5.43. The number of halogens is 6. The number of hydrogen-bond acceptors (Lipinski definition) is 3. The topological polar surface area (TPSA) is 61.8 Å². The minimum Gasteiger partial charge on any atom is -0.380 e. The summed E-state index contributed by atoms with van der Waals surface area (Å²) >= 11 is 0. The SMILES string of the molecule is CCNC(=O)N(CCOCC)c1ccc(C(F)(F)C(O)(F)C(F)(F)F)cc1. The van der Waals surface area contributed by atoms with Crippen LogP contribution >= 0.6 is 0 Å². The standard InChI is InChI=1S/C16H20F6N2O3/c1-3-23-13(25)24(9-10-27-4-2)12-7-5-11(6-8-12)14(17,18)15(19,26)16(20,21)22/h5-8,26H,3-4,9-10H2,1-2H3,(H,23,25). The largest absolute Gasteiger partial charge is 0.455 e. The van der Waals surface area contributed by atoms with Crippen LogP contribution < -0.4 is 10.2 Å². The van der Waals surface area contributed by atoms with Gasteiger partial charge >= 0.3 is 24.0 Å². The molecule has 0 spiro atoms. The summed E-state index contributed by atoms with van der Waals surface area (Å²) in [4.78, 5) is 13.2. The summed E-state index contributed by atoms with van der Waals surface area (Å²) in [6, 6.07) is 2.30. The number of alkyl halides is 6. The number of carbonyl (C=O) groups is 1. The average molecular weight is 402 g/mol. The van der Waals surface area contributed by atoms with Gasteiger partial charge < -0.3 is 15.2 Å². The van der Waals surface area contributed by atoms with Crippen LogP contribution in [0.2, 0.25) is 0 Å². The first-order valence-corrected chi connectivity index (χ1v) is 7.99. The highest BCUT2D eigenvalue weighted by molar-refractivity contribution is 5.91. The predicted octanol–water partition coefficient (Wildman–Crippen LogP) is 3.57. The molecule has 0 aliphatic rings. The molecule has 1 rings (SSSR count). The van der Waals surface area contributed by atoms with Gasteiger partial charge in [0.1, 0.15) is 0 Å². The zero-order chi connectivity index (χ0) is 20.9. The van der Waals surface area contributed by atoms with E-state index in [1.807, 2.05) is 0 Å². The zero-order valence-corrected chi connectivity index (χ0v) is 14.6. The molecule has 1 aromatic rings. The second-order valence-corrected chi connectivity index (χ2v) is 5.43. The first kappa shape index (κ1) is 23.0. The molecule has 0 radical (unpaired) electrons. The summed E-state index contributed by atoms with van der Waals surface area (Å²) in [5.41, 5.74) is -1.32. The maximum absolute atomic E-state index is 13.8. The van der Waals surface area contributed by atoms with Crippen LogP contribution in [0.15, 0.2) is 24.3 Å². The fraction of sp³-hybridized carbons (Fsp3) is 0.562. The molecule has 0 heterocycles. The Hall–Kier alpha value is -2.01. The molecule has 0 aliphatic heterocycles. The molecular formula is C16H20F6N2O3. The molecule has 0 saturated heterocycles. The number of nitrogens with zero attached hydrogens (tertiary/aromatic N) is 1. The van der Waals surface area contributed by atoms with Crippen molar-refractivity contribution in [3.63, 3.8) is 0 Å². The lowest BCUT2D eigenvalue weighted by Gasteiger charge is -2.30. The monoisotopic (exact) mass is 402 g/mol. The van der Waals surface area contributed by atoms with Gasteiger partial charge in [0.15, 0.2) is 0 Å². The fourth-order valence-electron chi connectivity index (χ4n) is 2.11. The van der Waals surface area contributed by atoms with Gasteiger partial charge in [0.2, 0.25) is 0 Å². The van der Waals surface area contributed by atoms with Gasteiger partial charge in [0, 0.05) is 24.4 Å². The number of benzene rings is 1. The van der Waals surface area contributed by atoms with E-state index in [-0.39, 0.29) is 25.4 Å². The number of anilines is 1. The van der Waals surface area contributed by atoms with Crippen molar-refractivity contribution in [2.24, 2.45) is 0 Å². The molecule has 1 aromatic carbocycles. The van der Waals surface area contributed by atoms with Crippen LogP contribution in [0, 0.1) is 0 Å². The third kappa shape index (κ3) is 5.04. The summed E-state index contributed by atoms with van der Waals surface area (Å²) in [5, 5.41) is 11.2. The maximum Gasteiger partial charge on any atom is 0.455 e. The van der Waals surface area contributed by atoms with Crippen molar-refractivity contribution in [1.82, 2.24) is 5.32 Å². The maximum atomic E-state index is 13.8. The molecule has 154 valence electrons. The van der Waals surface area contributed by atoms with Crippen molar-refractivity contribution in [2.45, 2.75) is 31.8 Å². The van der Waals surface area contributed by atoms with E-state index < -0.39 is 29.5 Å². The Morgan fingerprint density at radius 1 is 1.11 bits per heavy atom. The van der Waals surface area contributed by atoms with E-state index in [4.69, 9.17) is 9.84 Å². The minimum atomic E-state index is -6.19. The van der Waals surface area contributed by atoms with Crippen LogP contribution in [0.5, 0.6) is 0 Å². The van der Waals surface area contributed by atoms with Crippen molar-refractivity contribution in [2.75, 3.05) is 31.2 Å². The normalized spacial score (nSPS) is 14.6. The van der Waals surface area contributed by atoms with Gasteiger partial charge in [0.05, 0.1) is 13.2 Å². The van der Waals surface area contributed by atoms with E-state index in [0.717, 1.165) is 17.0 Å². The molecule has 0 saturated carbocycles. The lowest BCUT2D eigenvalue weighted by Crippen LogP contribution is -2.53. The second kappa shape index (κ2) is 8.79. The zero-order valence-electron chi connectivity index (χ0n) is 14.6. The molecule has 0 aliphatic carbocycles. The summed E-state index contributed by atoms with van der Waals surface area (Å²) in [6.07, 6.45) is -6.19. The molecule has 0 aromatic heterocycles. The molecule has 2 amide bonds. The fourth-order valence-corrected chi connectivity index (χ4v) is 2.11. The van der Waals surface area contributed by atoms with Crippen molar-refractivity contribution in [3.05, 3.63) is 29.8 Å². The lowest BCUT2D eigenvalue weighted by atomic mass is 10.0. The molecule has 1 unspecified atom stereocenters. The average Bonchev–Trinajstić information content (AvgIpc) is 2.58. The number of rotatable bonds is 8. The molecule has 11 heteroatoms. The van der Waals surface area contributed by atoms with E-state index in [2.05, 4.69) is 5.32 Å². The smallest absolute Gasteiger partial charge is 0.380 e. The highest BCUT2D eigenvalue weighted by atomic mass is 19.4. The van der Waals surface area contributed by atoms with Crippen molar-refractivity contribution >= 4 is 11.7 Å². The summed E-state index contributed by atoms with van der Waals surface area (Å²) < 4.78 is 83.4. The predicted molar refractivity (Wildman–Crippen MR) is 85.4 cm³/mol. The van der Waals surface area contributed by atoms with Gasteiger partial charge in [-0.15, -0.1) is 0 Å². The Labute approximate surface area is 151 Å². The summed E-state index contributed by atoms with van der Waals surface area (Å²) in [7, 11) is 0. The number of amides is 2. The number of carbonyl (C=O) groups excluding carboxylic acids is 1. The van der Waals surface area contributed by atoms with E-state index in [9.17, 15) is 31.1 Å². The van der Waals surface area contributed by atoms with Crippen molar-refractivity contribution < 1.29 is 41.0 Å². The number of ether oxygens (including phenoxy) is 1. The first-order chi connectivity index (χ1) is 12.4. The molecule has 5 nitrogen and oxygen atoms in total. The lowest BCUT2D eigenvalue weighted by molar-refractivity contribution is -0.390. The van der Waals surface area contributed by atoms with Crippen LogP contribution in [-0.2, 0) is 10.7 Å². The minimum absolute atomic E-state index is 0.0466. The van der Waals surface area contributed by atoms with Gasteiger partial charge in [-0.2, -0.15) is 26.3 Å². The highest BCUT2D eigenvalue weighted by Gasteiger charge is 2.71. The van der Waals surface area contributed by atoms with Crippen LogP contribution in [0.25, 0.3) is 0 Å². The Balaban J connectivity index is 3.14. The molecule has 0 bridgehead atoms. The van der Waals surface area contributed by atoms with Crippen LogP contribution in [0.4, 0.5) is 36.8 Å². The molecule has 2 N–H and O–H groups in total. The Kier molecular flexibility index (Phi) is 7.49. The third-order valence-corrected chi connectivity index (χ3v) is 3.57. The van der Waals surface area contributed by atoms with Crippen LogP contribution in [-0.4, -0.2) is 49.5 Å². The van der Waals surface area contributed by atoms with E-state index >= 15 is 0 Å². The van der Waals surface area contributed by atoms with Gasteiger partial charge in [-0.3, -0.25) is 4.90 Å². The van der Waals surface area contributed by atoms with E-state index in [0.29, 0.717) is 18.7 Å². The number of nitrogens with one attached hydrogen (secondary N) is 1. The first-order valence-electron chi connectivity index (χ1n) is 7.99. The van der Waals surface area contributed by atoms with E-state index in [1.165, 1.54) is 0 Å². The van der Waals surface area contributed by atoms with Gasteiger partial charge in [-0.25, -0.2) is 4.79 Å². The van der Waals surface area contributed by atoms with Crippen molar-refractivity contribution in [1.29, 1.82) is 0 Å². The Morgan fingerprint density at radius 3 is 2.11 bits per heavy atom. The van der Waals surface area contributed by atoms with Crippen LogP contribution in [0.3, 0.4) is 0 Å². The molecule has 1 atom stereocenters. The Bertz CT molecular complexity index is 620. The summed E-state index contributed by atoms with van der Waals surface area (Å²) in [6.45, 7) is 4.21. The third-order valence-electron chi connectivity index (χ3n) is 3.57. The van der Waals surface area contributed by atoms with Gasteiger partial charge in [0.25, 0.3) is 0 Å². The van der Waals surface area contributed by atoms with Crippen molar-refractivity contribution in [3.8, 4) is 0 Å². The molecular weight excluding hydrogens is 382 g/mol. The quantitative estimate of drug-likeness (QED) is 0.516. The summed E-state index contributed by atoms with van der Waals surface area (Å²) in [5.74, 6) is -11.0. The molecule has 0 fully saturated rings. The number of aliphatic hydroxyl groups is 1. The molecule has 27 heavy (non-hydrogen) atoms. The van der Waals surface area contributed by atoms with E-state index in [1.54, 1.807) is 13.8 Å². The number of hydrogen-bond donors (Lipinski definition) is 2. The van der Waals surface area contributed by atoms with Gasteiger partial charge in [-0.1, -0.05) is 12.1 Å². The van der Waals surface area contributed by atoms with Gasteiger partial charge in [-0.05, 0) is 26.0 Å². The van der Waals surface area contributed by atoms with Crippen LogP contribution in [0.1, 0.15) is 19.4 Å². The number of urea groups is 1. The highest BCUT2D eigenvalue weighted by Crippen LogP contribution is 2.49. The Morgan fingerprint density at radius 2 is 1.67 bits per heavy atom.